The monoisotopic (exact) mass is 252 g/mol. The number of carbonyl (C=O) groups is 1. The van der Waals surface area contributed by atoms with Gasteiger partial charge in [0.2, 0.25) is 0 Å². The summed E-state index contributed by atoms with van der Waals surface area (Å²) in [6.07, 6.45) is 0. The lowest BCUT2D eigenvalue weighted by Gasteiger charge is -2.21. The summed E-state index contributed by atoms with van der Waals surface area (Å²) in [5.41, 5.74) is 6.25. The van der Waals surface area contributed by atoms with Crippen LogP contribution in [0.5, 0.6) is 5.75 Å². The Hall–Kier alpha value is -1.75. The lowest BCUT2D eigenvalue weighted by Crippen LogP contribution is -2.30. The van der Waals surface area contributed by atoms with Crippen LogP contribution in [0.25, 0.3) is 0 Å². The molecule has 0 heterocycles. The Balaban J connectivity index is 2.56. The minimum absolute atomic E-state index is 0.166. The number of anilines is 1. The Bertz CT molecular complexity index is 419. The van der Waals surface area contributed by atoms with Gasteiger partial charge in [0.15, 0.2) is 0 Å². The van der Waals surface area contributed by atoms with Crippen molar-refractivity contribution in [2.24, 2.45) is 0 Å². The van der Waals surface area contributed by atoms with Crippen molar-refractivity contribution in [2.45, 2.75) is 19.9 Å². The van der Waals surface area contributed by atoms with Gasteiger partial charge in [0.25, 0.3) is 0 Å². The molecule has 0 unspecified atom stereocenters. The number of nitrogens with zero attached hydrogens (tertiary/aromatic N) is 1. The molecule has 1 aromatic carbocycles. The fraction of sp³-hybridized carbons (Fsp3) is 0.462. The molecule has 0 aliphatic heterocycles. The van der Waals surface area contributed by atoms with Crippen LogP contribution in [0, 0.1) is 0 Å². The molecule has 0 aliphatic carbocycles. The predicted octanol–water partition coefficient (Wildman–Crippen LogP) is 1.69. The molecule has 0 amide bonds. The van der Waals surface area contributed by atoms with Crippen LogP contribution < -0.4 is 10.5 Å². The summed E-state index contributed by atoms with van der Waals surface area (Å²) in [7, 11) is 2.02. The van der Waals surface area contributed by atoms with Crippen molar-refractivity contribution in [1.82, 2.24) is 4.90 Å². The average molecular weight is 252 g/mol. The van der Waals surface area contributed by atoms with Crippen molar-refractivity contribution >= 4 is 11.7 Å². The number of likely N-dealkylation sites (N-methyl/N-ethyl adjacent to an activating group) is 1. The van der Waals surface area contributed by atoms with E-state index in [2.05, 4.69) is 18.7 Å². The zero-order valence-electron chi connectivity index (χ0n) is 11.0. The smallest absolute Gasteiger partial charge is 0.335 e. The third-order valence-electron chi connectivity index (χ3n) is 2.84. The number of nitrogen functional groups attached to an aromatic ring is 1. The number of aromatic carboxylic acids is 1. The molecule has 100 valence electrons. The SMILES string of the molecule is CC(C)N(C)CCOc1ccc(C(=O)O)cc1N. The van der Waals surface area contributed by atoms with Gasteiger partial charge in [0, 0.05) is 12.6 Å². The molecular formula is C13H20N2O3. The van der Waals surface area contributed by atoms with Gasteiger partial charge >= 0.3 is 5.97 Å². The number of ether oxygens (including phenoxy) is 1. The van der Waals surface area contributed by atoms with E-state index >= 15 is 0 Å². The summed E-state index contributed by atoms with van der Waals surface area (Å²) in [4.78, 5) is 12.9. The molecule has 0 atom stereocenters. The molecule has 0 bridgehead atoms. The normalized spacial score (nSPS) is 10.9. The molecule has 0 spiro atoms. The van der Waals surface area contributed by atoms with E-state index in [9.17, 15) is 4.79 Å². The molecule has 0 fully saturated rings. The van der Waals surface area contributed by atoms with Gasteiger partial charge in [-0.25, -0.2) is 4.79 Å². The van der Waals surface area contributed by atoms with Crippen LogP contribution in [0.15, 0.2) is 18.2 Å². The molecule has 1 rings (SSSR count). The predicted molar refractivity (Wildman–Crippen MR) is 71.1 cm³/mol. The van der Waals surface area contributed by atoms with Gasteiger partial charge < -0.3 is 20.5 Å². The number of hydrogen-bond donors (Lipinski definition) is 2. The topological polar surface area (TPSA) is 75.8 Å². The second-order valence-corrected chi connectivity index (χ2v) is 4.48. The van der Waals surface area contributed by atoms with Crippen LogP contribution in [0.2, 0.25) is 0 Å². The summed E-state index contributed by atoms with van der Waals surface area (Å²) in [5, 5.41) is 8.81. The molecule has 0 radical (unpaired) electrons. The van der Waals surface area contributed by atoms with Crippen molar-refractivity contribution in [3.8, 4) is 5.75 Å². The third kappa shape index (κ3) is 3.92. The average Bonchev–Trinajstić information content (AvgIpc) is 2.30. The molecular weight excluding hydrogens is 232 g/mol. The highest BCUT2D eigenvalue weighted by atomic mass is 16.5. The first-order valence-electron chi connectivity index (χ1n) is 5.87. The first-order chi connectivity index (χ1) is 8.41. The van der Waals surface area contributed by atoms with Crippen LogP contribution in [0.1, 0.15) is 24.2 Å². The standard InChI is InChI=1S/C13H20N2O3/c1-9(2)15(3)6-7-18-12-5-4-10(13(16)17)8-11(12)14/h4-5,8-9H,6-7,14H2,1-3H3,(H,16,17). The Morgan fingerprint density at radius 3 is 2.67 bits per heavy atom. The van der Waals surface area contributed by atoms with E-state index in [0.29, 0.717) is 24.1 Å². The number of hydrogen-bond acceptors (Lipinski definition) is 4. The van der Waals surface area contributed by atoms with Crippen LogP contribution in [-0.2, 0) is 0 Å². The molecule has 1 aromatic rings. The van der Waals surface area contributed by atoms with Gasteiger partial charge in [0.05, 0.1) is 11.3 Å². The maximum Gasteiger partial charge on any atom is 0.335 e. The highest BCUT2D eigenvalue weighted by Crippen LogP contribution is 2.22. The zero-order chi connectivity index (χ0) is 13.7. The first-order valence-corrected chi connectivity index (χ1v) is 5.87. The van der Waals surface area contributed by atoms with Gasteiger partial charge in [-0.15, -0.1) is 0 Å². The lowest BCUT2D eigenvalue weighted by atomic mass is 10.2. The first kappa shape index (κ1) is 14.3. The largest absolute Gasteiger partial charge is 0.490 e. The van der Waals surface area contributed by atoms with E-state index in [-0.39, 0.29) is 5.56 Å². The van der Waals surface area contributed by atoms with E-state index in [4.69, 9.17) is 15.6 Å². The molecule has 0 aromatic heterocycles. The summed E-state index contributed by atoms with van der Waals surface area (Å²) < 4.78 is 5.53. The number of nitrogens with two attached hydrogens (primary N) is 1. The zero-order valence-corrected chi connectivity index (χ0v) is 11.0. The summed E-state index contributed by atoms with van der Waals surface area (Å²) >= 11 is 0. The van der Waals surface area contributed by atoms with Gasteiger partial charge in [-0.2, -0.15) is 0 Å². The molecule has 0 saturated carbocycles. The molecule has 0 saturated heterocycles. The van der Waals surface area contributed by atoms with Crippen LogP contribution in [-0.4, -0.2) is 42.2 Å². The number of carboxylic acid groups (broad SMARTS) is 1. The van der Waals surface area contributed by atoms with Crippen molar-refractivity contribution in [1.29, 1.82) is 0 Å². The van der Waals surface area contributed by atoms with Gasteiger partial charge in [-0.1, -0.05) is 0 Å². The number of carboxylic acids is 1. The molecule has 3 N–H and O–H groups in total. The Morgan fingerprint density at radius 2 is 2.17 bits per heavy atom. The van der Waals surface area contributed by atoms with E-state index in [1.165, 1.54) is 12.1 Å². The minimum Gasteiger partial charge on any atom is -0.490 e. The van der Waals surface area contributed by atoms with E-state index in [1.807, 2.05) is 7.05 Å². The molecule has 0 aliphatic rings. The lowest BCUT2D eigenvalue weighted by molar-refractivity contribution is 0.0697. The Labute approximate surface area is 107 Å². The highest BCUT2D eigenvalue weighted by molar-refractivity contribution is 5.89. The number of rotatable bonds is 6. The maximum atomic E-state index is 10.7. The summed E-state index contributed by atoms with van der Waals surface area (Å²) in [5.74, 6) is -0.468. The quantitative estimate of drug-likeness (QED) is 0.753. The van der Waals surface area contributed by atoms with Crippen LogP contribution >= 0.6 is 0 Å². The number of benzene rings is 1. The Morgan fingerprint density at radius 1 is 1.50 bits per heavy atom. The van der Waals surface area contributed by atoms with Crippen molar-refractivity contribution in [3.63, 3.8) is 0 Å². The van der Waals surface area contributed by atoms with Crippen molar-refractivity contribution in [2.75, 3.05) is 25.9 Å². The fourth-order valence-electron chi connectivity index (χ4n) is 1.37. The summed E-state index contributed by atoms with van der Waals surface area (Å²) in [6, 6.07) is 4.94. The van der Waals surface area contributed by atoms with Crippen LogP contribution in [0.4, 0.5) is 5.69 Å². The highest BCUT2D eigenvalue weighted by Gasteiger charge is 2.08. The second-order valence-electron chi connectivity index (χ2n) is 4.48. The van der Waals surface area contributed by atoms with Gasteiger partial charge in [-0.05, 0) is 39.1 Å². The molecule has 18 heavy (non-hydrogen) atoms. The summed E-state index contributed by atoms with van der Waals surface area (Å²) in [6.45, 7) is 5.52. The van der Waals surface area contributed by atoms with E-state index < -0.39 is 5.97 Å². The van der Waals surface area contributed by atoms with Crippen molar-refractivity contribution in [3.05, 3.63) is 23.8 Å². The van der Waals surface area contributed by atoms with Gasteiger partial charge in [0.1, 0.15) is 12.4 Å². The minimum atomic E-state index is -0.993. The maximum absolute atomic E-state index is 10.7. The fourth-order valence-corrected chi connectivity index (χ4v) is 1.37. The van der Waals surface area contributed by atoms with Gasteiger partial charge in [-0.3, -0.25) is 0 Å². The van der Waals surface area contributed by atoms with E-state index in [1.54, 1.807) is 6.07 Å². The van der Waals surface area contributed by atoms with E-state index in [0.717, 1.165) is 6.54 Å². The second kappa shape index (κ2) is 6.26. The Kier molecular flexibility index (Phi) is 4.97. The third-order valence-corrected chi connectivity index (χ3v) is 2.84. The molecule has 5 nitrogen and oxygen atoms in total. The van der Waals surface area contributed by atoms with Crippen molar-refractivity contribution < 1.29 is 14.6 Å². The van der Waals surface area contributed by atoms with Crippen LogP contribution in [0.3, 0.4) is 0 Å². The molecule has 5 heteroatoms.